The van der Waals surface area contributed by atoms with Crippen molar-refractivity contribution in [2.75, 3.05) is 6.54 Å². The third kappa shape index (κ3) is 5.14. The van der Waals surface area contributed by atoms with Crippen LogP contribution < -0.4 is 15.4 Å². The van der Waals surface area contributed by atoms with Crippen molar-refractivity contribution in [2.24, 2.45) is 4.99 Å². The molecule has 2 aromatic rings. The smallest absolute Gasteiger partial charge is 0.192 e. The van der Waals surface area contributed by atoms with E-state index < -0.39 is 0 Å². The van der Waals surface area contributed by atoms with Crippen LogP contribution in [0.25, 0.3) is 0 Å². The van der Waals surface area contributed by atoms with Gasteiger partial charge in [-0.15, -0.1) is 24.0 Å². The lowest BCUT2D eigenvalue weighted by atomic mass is 9.90. The second kappa shape index (κ2) is 8.60. The fourth-order valence-electron chi connectivity index (χ4n) is 2.97. The molecule has 6 heteroatoms. The summed E-state index contributed by atoms with van der Waals surface area (Å²) in [7, 11) is 0. The second-order valence-corrected chi connectivity index (χ2v) is 6.63. The van der Waals surface area contributed by atoms with Crippen LogP contribution in [0.5, 0.6) is 5.75 Å². The molecule has 1 atom stereocenters. The molecule has 0 radical (unpaired) electrons. The van der Waals surface area contributed by atoms with Gasteiger partial charge in [-0.1, -0.05) is 18.2 Å². The summed E-state index contributed by atoms with van der Waals surface area (Å²) in [6, 6.07) is 10.3. The average Bonchev–Trinajstić information content (AvgIpc) is 3.05. The molecule has 0 aliphatic carbocycles. The molecule has 0 saturated carbocycles. The van der Waals surface area contributed by atoms with Gasteiger partial charge in [-0.05, 0) is 32.9 Å². The molecule has 1 unspecified atom stereocenters. The van der Waals surface area contributed by atoms with Gasteiger partial charge in [0.2, 0.25) is 0 Å². The van der Waals surface area contributed by atoms with Gasteiger partial charge in [0.1, 0.15) is 11.4 Å². The third-order valence-corrected chi connectivity index (χ3v) is 4.03. The standard InChI is InChI=1S/C19H25N3O2.HI/c1-4-20-18(21-12-14-9-10-23-13-14)22-16-11-19(2,3)24-17-8-6-5-7-15(16)17;/h5-10,13,16H,4,11-12H2,1-3H3,(H2,20,21,22);1H. The van der Waals surface area contributed by atoms with Crippen molar-refractivity contribution < 1.29 is 9.15 Å². The predicted molar refractivity (Wildman–Crippen MR) is 111 cm³/mol. The maximum Gasteiger partial charge on any atom is 0.192 e. The molecule has 1 aromatic heterocycles. The van der Waals surface area contributed by atoms with E-state index in [1.54, 1.807) is 12.5 Å². The predicted octanol–water partition coefficient (Wildman–Crippen LogP) is 4.26. The number of hydrogen-bond donors (Lipinski definition) is 2. The zero-order valence-electron chi connectivity index (χ0n) is 14.9. The number of hydrogen-bond acceptors (Lipinski definition) is 3. The zero-order valence-corrected chi connectivity index (χ0v) is 17.2. The molecular formula is C19H26IN3O2. The largest absolute Gasteiger partial charge is 0.487 e. The highest BCUT2D eigenvalue weighted by molar-refractivity contribution is 14.0. The summed E-state index contributed by atoms with van der Waals surface area (Å²) in [6.07, 6.45) is 4.27. The molecule has 1 aromatic carbocycles. The zero-order chi connectivity index (χ0) is 17.0. The van der Waals surface area contributed by atoms with Crippen LogP contribution in [0.15, 0.2) is 52.3 Å². The Kier molecular flexibility index (Phi) is 6.75. The van der Waals surface area contributed by atoms with E-state index in [1.807, 2.05) is 24.3 Å². The van der Waals surface area contributed by atoms with Gasteiger partial charge in [0.25, 0.3) is 0 Å². The number of furan rings is 1. The Morgan fingerprint density at radius 1 is 1.28 bits per heavy atom. The fourth-order valence-corrected chi connectivity index (χ4v) is 2.97. The second-order valence-electron chi connectivity index (χ2n) is 6.63. The number of para-hydroxylation sites is 1. The van der Waals surface area contributed by atoms with Crippen LogP contribution in [0.4, 0.5) is 0 Å². The van der Waals surface area contributed by atoms with E-state index in [1.165, 1.54) is 5.56 Å². The van der Waals surface area contributed by atoms with Crippen molar-refractivity contribution in [3.8, 4) is 5.75 Å². The fraction of sp³-hybridized carbons (Fsp3) is 0.421. The summed E-state index contributed by atoms with van der Waals surface area (Å²) in [5, 5.41) is 6.88. The monoisotopic (exact) mass is 455 g/mol. The molecule has 1 aliphatic heterocycles. The topological polar surface area (TPSA) is 58.8 Å². The number of ether oxygens (including phenoxy) is 1. The molecule has 0 bridgehead atoms. The Labute approximate surface area is 166 Å². The molecule has 5 nitrogen and oxygen atoms in total. The van der Waals surface area contributed by atoms with Crippen molar-refractivity contribution in [3.63, 3.8) is 0 Å². The van der Waals surface area contributed by atoms with E-state index in [4.69, 9.17) is 9.15 Å². The van der Waals surface area contributed by atoms with Crippen molar-refractivity contribution in [3.05, 3.63) is 54.0 Å². The van der Waals surface area contributed by atoms with Crippen molar-refractivity contribution in [2.45, 2.75) is 45.4 Å². The number of rotatable bonds is 4. The Bertz CT molecular complexity index is 698. The molecule has 0 amide bonds. The molecule has 2 N–H and O–H groups in total. The minimum Gasteiger partial charge on any atom is -0.487 e. The Hall–Kier alpha value is -1.70. The van der Waals surface area contributed by atoms with Crippen LogP contribution in [0.3, 0.4) is 0 Å². The minimum atomic E-state index is -0.214. The molecule has 136 valence electrons. The summed E-state index contributed by atoms with van der Waals surface area (Å²) in [6.45, 7) is 7.70. The number of aliphatic imine (C=N–C) groups is 1. The van der Waals surface area contributed by atoms with Crippen LogP contribution in [-0.2, 0) is 6.54 Å². The first-order chi connectivity index (χ1) is 11.6. The maximum atomic E-state index is 6.10. The number of halogens is 1. The first-order valence-electron chi connectivity index (χ1n) is 8.41. The number of nitrogens with zero attached hydrogens (tertiary/aromatic N) is 1. The van der Waals surface area contributed by atoms with Gasteiger partial charge < -0.3 is 19.8 Å². The Balaban J connectivity index is 0.00000225. The summed E-state index contributed by atoms with van der Waals surface area (Å²) in [5.74, 6) is 1.74. The molecule has 0 saturated heterocycles. The van der Waals surface area contributed by atoms with Crippen LogP contribution in [0.2, 0.25) is 0 Å². The highest BCUT2D eigenvalue weighted by Gasteiger charge is 2.33. The molecule has 0 fully saturated rings. The summed E-state index contributed by atoms with van der Waals surface area (Å²) in [4.78, 5) is 4.66. The SMILES string of the molecule is CCNC(=NCc1ccoc1)NC1CC(C)(C)Oc2ccccc21.I. The van der Waals surface area contributed by atoms with Crippen LogP contribution >= 0.6 is 24.0 Å². The van der Waals surface area contributed by atoms with Gasteiger partial charge in [0.15, 0.2) is 5.96 Å². The van der Waals surface area contributed by atoms with E-state index >= 15 is 0 Å². The van der Waals surface area contributed by atoms with Gasteiger partial charge >= 0.3 is 0 Å². The Morgan fingerprint density at radius 3 is 2.80 bits per heavy atom. The third-order valence-electron chi connectivity index (χ3n) is 4.03. The summed E-state index contributed by atoms with van der Waals surface area (Å²) in [5.41, 5.74) is 2.01. The van der Waals surface area contributed by atoms with E-state index in [9.17, 15) is 0 Å². The van der Waals surface area contributed by atoms with Gasteiger partial charge in [-0.3, -0.25) is 0 Å². The molecule has 3 rings (SSSR count). The van der Waals surface area contributed by atoms with E-state index in [0.29, 0.717) is 6.54 Å². The van der Waals surface area contributed by atoms with Crippen molar-refractivity contribution >= 4 is 29.9 Å². The number of fused-ring (bicyclic) bond motifs is 1. The minimum absolute atomic E-state index is 0. The number of nitrogens with one attached hydrogen (secondary N) is 2. The van der Waals surface area contributed by atoms with E-state index in [2.05, 4.69) is 42.5 Å². The molecule has 25 heavy (non-hydrogen) atoms. The maximum absolute atomic E-state index is 6.10. The van der Waals surface area contributed by atoms with Crippen molar-refractivity contribution in [1.82, 2.24) is 10.6 Å². The lowest BCUT2D eigenvalue weighted by Gasteiger charge is -2.38. The normalized spacial score (nSPS) is 18.5. The quantitative estimate of drug-likeness (QED) is 0.411. The Morgan fingerprint density at radius 2 is 2.08 bits per heavy atom. The lowest BCUT2D eigenvalue weighted by molar-refractivity contribution is 0.0694. The van der Waals surface area contributed by atoms with E-state index in [-0.39, 0.29) is 35.6 Å². The van der Waals surface area contributed by atoms with Gasteiger partial charge in [0.05, 0.1) is 25.1 Å². The average molecular weight is 455 g/mol. The summed E-state index contributed by atoms with van der Waals surface area (Å²) < 4.78 is 11.2. The van der Waals surface area contributed by atoms with Gasteiger partial charge in [0, 0.05) is 24.1 Å². The molecule has 0 spiro atoms. The lowest BCUT2D eigenvalue weighted by Crippen LogP contribution is -2.45. The van der Waals surface area contributed by atoms with Gasteiger partial charge in [-0.25, -0.2) is 4.99 Å². The van der Waals surface area contributed by atoms with Crippen molar-refractivity contribution in [1.29, 1.82) is 0 Å². The number of benzene rings is 1. The number of guanidine groups is 1. The molecule has 1 aliphatic rings. The highest BCUT2D eigenvalue weighted by Crippen LogP contribution is 2.39. The van der Waals surface area contributed by atoms with Crippen LogP contribution in [-0.4, -0.2) is 18.1 Å². The molecular weight excluding hydrogens is 429 g/mol. The first-order valence-corrected chi connectivity index (χ1v) is 8.41. The van der Waals surface area contributed by atoms with Crippen LogP contribution in [0, 0.1) is 0 Å². The van der Waals surface area contributed by atoms with E-state index in [0.717, 1.165) is 30.2 Å². The first kappa shape index (κ1) is 19.6. The van der Waals surface area contributed by atoms with Gasteiger partial charge in [-0.2, -0.15) is 0 Å². The summed E-state index contributed by atoms with van der Waals surface area (Å²) >= 11 is 0. The van der Waals surface area contributed by atoms with Crippen LogP contribution in [0.1, 0.15) is 44.4 Å². The highest BCUT2D eigenvalue weighted by atomic mass is 127. The molecule has 2 heterocycles.